The zero-order valence-electron chi connectivity index (χ0n) is 13.1. The molecule has 0 saturated carbocycles. The Kier molecular flexibility index (Phi) is 4.74. The van der Waals surface area contributed by atoms with Crippen molar-refractivity contribution in [3.63, 3.8) is 0 Å². The zero-order valence-corrected chi connectivity index (χ0v) is 13.1. The number of hydrogen-bond donors (Lipinski definition) is 1. The lowest BCUT2D eigenvalue weighted by atomic mass is 9.94. The Morgan fingerprint density at radius 3 is 2.71 bits per heavy atom. The van der Waals surface area contributed by atoms with Crippen LogP contribution in [-0.2, 0) is 12.8 Å². The molecule has 1 aromatic heterocycles. The molecule has 0 saturated heterocycles. The third-order valence-electron chi connectivity index (χ3n) is 4.50. The minimum atomic E-state index is 1.07. The summed E-state index contributed by atoms with van der Waals surface area (Å²) < 4.78 is 0. The van der Waals surface area contributed by atoms with E-state index in [9.17, 15) is 0 Å². The molecule has 2 aromatic rings. The first-order chi connectivity index (χ1) is 10.4. The largest absolute Gasteiger partial charge is 0.384 e. The summed E-state index contributed by atoms with van der Waals surface area (Å²) in [4.78, 5) is 4.97. The smallest absolute Gasteiger partial charge is 0.0726 e. The van der Waals surface area contributed by atoms with Crippen LogP contribution in [0.1, 0.15) is 56.7 Å². The number of unbranched alkanes of at least 4 members (excludes halogenated alkanes) is 1. The predicted molar refractivity (Wildman–Crippen MR) is 91.0 cm³/mol. The number of nitrogens with zero attached hydrogens (tertiary/aromatic N) is 1. The van der Waals surface area contributed by atoms with Gasteiger partial charge in [-0.1, -0.05) is 44.4 Å². The van der Waals surface area contributed by atoms with E-state index in [1.54, 1.807) is 0 Å². The second-order valence-electron chi connectivity index (χ2n) is 6.12. The van der Waals surface area contributed by atoms with Crippen molar-refractivity contribution in [3.05, 3.63) is 35.5 Å². The third kappa shape index (κ3) is 3.20. The lowest BCUT2D eigenvalue weighted by Gasteiger charge is -2.20. The summed E-state index contributed by atoms with van der Waals surface area (Å²) in [5.74, 6) is 0. The number of rotatable bonds is 4. The van der Waals surface area contributed by atoms with Crippen molar-refractivity contribution in [2.75, 3.05) is 11.9 Å². The van der Waals surface area contributed by atoms with E-state index in [0.717, 1.165) is 18.5 Å². The monoisotopic (exact) mass is 282 g/mol. The van der Waals surface area contributed by atoms with E-state index in [2.05, 4.69) is 36.5 Å². The normalized spacial score (nSPS) is 15.3. The molecule has 1 heterocycles. The van der Waals surface area contributed by atoms with Crippen LogP contribution >= 0.6 is 0 Å². The zero-order chi connectivity index (χ0) is 14.5. The highest BCUT2D eigenvalue weighted by Gasteiger charge is 2.15. The van der Waals surface area contributed by atoms with Gasteiger partial charge in [0.2, 0.25) is 0 Å². The average molecular weight is 282 g/mol. The van der Waals surface area contributed by atoms with Gasteiger partial charge >= 0.3 is 0 Å². The van der Waals surface area contributed by atoms with Crippen LogP contribution in [-0.4, -0.2) is 11.5 Å². The average Bonchev–Trinajstić information content (AvgIpc) is 2.48. The van der Waals surface area contributed by atoms with Gasteiger partial charge in [0.15, 0.2) is 0 Å². The summed E-state index contributed by atoms with van der Waals surface area (Å²) in [5.41, 5.74) is 5.35. The van der Waals surface area contributed by atoms with Crippen molar-refractivity contribution in [2.45, 2.75) is 58.3 Å². The fraction of sp³-hybridized carbons (Fsp3) is 0.526. The molecule has 0 fully saturated rings. The molecule has 0 radical (unpaired) electrons. The Balaban J connectivity index is 2.06. The van der Waals surface area contributed by atoms with E-state index in [1.807, 2.05) is 0 Å². The van der Waals surface area contributed by atoms with Gasteiger partial charge < -0.3 is 5.32 Å². The van der Waals surface area contributed by atoms with Crippen LogP contribution < -0.4 is 5.32 Å². The van der Waals surface area contributed by atoms with Crippen molar-refractivity contribution in [1.29, 1.82) is 0 Å². The summed E-state index contributed by atoms with van der Waals surface area (Å²) in [5, 5.41) is 5.02. The molecule has 1 aliphatic rings. The van der Waals surface area contributed by atoms with Crippen LogP contribution in [0.5, 0.6) is 0 Å². The SMILES string of the molecule is CCCCNc1c2c(nc3ccccc13)CCCCCC2. The quantitative estimate of drug-likeness (QED) is 0.789. The van der Waals surface area contributed by atoms with Gasteiger partial charge in [-0.2, -0.15) is 0 Å². The number of benzene rings is 1. The Morgan fingerprint density at radius 1 is 1.05 bits per heavy atom. The van der Waals surface area contributed by atoms with Crippen molar-refractivity contribution in [1.82, 2.24) is 4.98 Å². The molecule has 1 aliphatic carbocycles. The summed E-state index contributed by atoms with van der Waals surface area (Å²) in [6.45, 7) is 3.31. The minimum absolute atomic E-state index is 1.07. The van der Waals surface area contributed by atoms with E-state index < -0.39 is 0 Å². The molecule has 0 unspecified atom stereocenters. The second-order valence-corrected chi connectivity index (χ2v) is 6.12. The first kappa shape index (κ1) is 14.4. The maximum absolute atomic E-state index is 4.97. The summed E-state index contributed by atoms with van der Waals surface area (Å²) >= 11 is 0. The highest BCUT2D eigenvalue weighted by Crippen LogP contribution is 2.32. The molecular weight excluding hydrogens is 256 g/mol. The molecule has 0 spiro atoms. The Hall–Kier alpha value is -1.57. The number of anilines is 1. The third-order valence-corrected chi connectivity index (χ3v) is 4.50. The lowest BCUT2D eigenvalue weighted by molar-refractivity contribution is 0.610. The van der Waals surface area contributed by atoms with Gasteiger partial charge in [-0.3, -0.25) is 4.98 Å². The van der Waals surface area contributed by atoms with Gasteiger partial charge in [0.1, 0.15) is 0 Å². The molecule has 1 aromatic carbocycles. The Morgan fingerprint density at radius 2 is 1.86 bits per heavy atom. The molecular formula is C19H26N2. The molecule has 3 rings (SSSR count). The first-order valence-electron chi connectivity index (χ1n) is 8.54. The van der Waals surface area contributed by atoms with Gasteiger partial charge in [0.05, 0.1) is 5.52 Å². The van der Waals surface area contributed by atoms with E-state index in [1.165, 1.54) is 67.3 Å². The summed E-state index contributed by atoms with van der Waals surface area (Å²) in [6.07, 6.45) is 10.1. The van der Waals surface area contributed by atoms with Gasteiger partial charge in [-0.05, 0) is 43.7 Å². The van der Waals surface area contributed by atoms with Crippen LogP contribution in [0.3, 0.4) is 0 Å². The fourth-order valence-electron chi connectivity index (χ4n) is 3.32. The maximum Gasteiger partial charge on any atom is 0.0726 e. The molecule has 0 aliphatic heterocycles. The van der Waals surface area contributed by atoms with Gasteiger partial charge in [-0.25, -0.2) is 0 Å². The lowest BCUT2D eigenvalue weighted by Crippen LogP contribution is -2.10. The number of nitrogens with one attached hydrogen (secondary N) is 1. The van der Waals surface area contributed by atoms with Gasteiger partial charge in [0, 0.05) is 23.3 Å². The van der Waals surface area contributed by atoms with Crippen LogP contribution in [0.25, 0.3) is 10.9 Å². The van der Waals surface area contributed by atoms with Gasteiger partial charge in [0.25, 0.3) is 0 Å². The van der Waals surface area contributed by atoms with Crippen molar-refractivity contribution >= 4 is 16.6 Å². The van der Waals surface area contributed by atoms with Gasteiger partial charge in [-0.15, -0.1) is 0 Å². The Labute approximate surface area is 128 Å². The standard InChI is InChI=1S/C19H26N2/c1-2-3-14-20-19-15-10-6-4-5-7-12-17(15)21-18-13-9-8-11-16(18)19/h8-9,11,13H,2-7,10,12,14H2,1H3,(H,20,21). The van der Waals surface area contributed by atoms with Crippen molar-refractivity contribution in [3.8, 4) is 0 Å². The molecule has 0 atom stereocenters. The van der Waals surface area contributed by atoms with Crippen LogP contribution in [0, 0.1) is 0 Å². The molecule has 112 valence electrons. The minimum Gasteiger partial charge on any atom is -0.384 e. The van der Waals surface area contributed by atoms with Crippen molar-refractivity contribution < 1.29 is 0 Å². The topological polar surface area (TPSA) is 24.9 Å². The molecule has 2 heteroatoms. The molecule has 0 amide bonds. The van der Waals surface area contributed by atoms with E-state index in [0.29, 0.717) is 0 Å². The second kappa shape index (κ2) is 6.93. The van der Waals surface area contributed by atoms with E-state index >= 15 is 0 Å². The fourth-order valence-corrected chi connectivity index (χ4v) is 3.32. The molecule has 21 heavy (non-hydrogen) atoms. The Bertz CT molecular complexity index is 604. The first-order valence-corrected chi connectivity index (χ1v) is 8.54. The summed E-state index contributed by atoms with van der Waals surface area (Å²) in [7, 11) is 0. The number of fused-ring (bicyclic) bond motifs is 2. The molecule has 0 bridgehead atoms. The molecule has 2 nitrogen and oxygen atoms in total. The van der Waals surface area contributed by atoms with Crippen LogP contribution in [0.4, 0.5) is 5.69 Å². The number of aromatic nitrogens is 1. The number of para-hydroxylation sites is 1. The van der Waals surface area contributed by atoms with Crippen LogP contribution in [0.15, 0.2) is 24.3 Å². The number of aryl methyl sites for hydroxylation is 1. The maximum atomic E-state index is 4.97. The highest BCUT2D eigenvalue weighted by molar-refractivity contribution is 5.93. The number of pyridine rings is 1. The number of hydrogen-bond acceptors (Lipinski definition) is 2. The summed E-state index contributed by atoms with van der Waals surface area (Å²) in [6, 6.07) is 8.60. The van der Waals surface area contributed by atoms with Crippen LogP contribution in [0.2, 0.25) is 0 Å². The molecule has 1 N–H and O–H groups in total. The van der Waals surface area contributed by atoms with E-state index in [4.69, 9.17) is 4.98 Å². The van der Waals surface area contributed by atoms with E-state index in [-0.39, 0.29) is 0 Å². The van der Waals surface area contributed by atoms with Crippen molar-refractivity contribution in [2.24, 2.45) is 0 Å². The predicted octanol–water partition coefficient (Wildman–Crippen LogP) is 5.11. The highest BCUT2D eigenvalue weighted by atomic mass is 14.9.